The summed E-state index contributed by atoms with van der Waals surface area (Å²) in [5.41, 5.74) is 1.79. The van der Waals surface area contributed by atoms with Gasteiger partial charge in [-0.2, -0.15) is 0 Å². The normalized spacial score (nSPS) is 11.1. The zero-order chi connectivity index (χ0) is 21.5. The lowest BCUT2D eigenvalue weighted by Crippen LogP contribution is -2.43. The first-order chi connectivity index (χ1) is 15.2. The Morgan fingerprint density at radius 3 is 1.06 bits per heavy atom. The fraction of sp³-hybridized carbons (Fsp3) is 0.103. The van der Waals surface area contributed by atoms with Gasteiger partial charge in [0.1, 0.15) is 5.41 Å². The van der Waals surface area contributed by atoms with E-state index in [0.717, 1.165) is 11.1 Å². The van der Waals surface area contributed by atoms with Crippen molar-refractivity contribution in [3.63, 3.8) is 0 Å². The highest BCUT2D eigenvalue weighted by Gasteiger charge is 2.46. The van der Waals surface area contributed by atoms with Gasteiger partial charge in [-0.15, -0.1) is 0 Å². The molecular formula is C29H24O2. The van der Waals surface area contributed by atoms with Gasteiger partial charge in [-0.25, -0.2) is 0 Å². The maximum absolute atomic E-state index is 14.1. The second-order valence-corrected chi connectivity index (χ2v) is 7.80. The van der Waals surface area contributed by atoms with Gasteiger partial charge < -0.3 is 0 Å². The minimum absolute atomic E-state index is 0.144. The van der Waals surface area contributed by atoms with E-state index in [1.54, 1.807) is 24.3 Å². The van der Waals surface area contributed by atoms with Crippen molar-refractivity contribution in [1.82, 2.24) is 0 Å². The van der Waals surface area contributed by atoms with Gasteiger partial charge in [0.25, 0.3) is 0 Å². The number of carbonyl (C=O) groups is 2. The maximum atomic E-state index is 14.1. The van der Waals surface area contributed by atoms with E-state index in [0.29, 0.717) is 24.0 Å². The SMILES string of the molecule is O=C(c1ccccc1)C(Cc1ccccc1)(Cc1ccccc1)C(=O)c1ccccc1. The van der Waals surface area contributed by atoms with Gasteiger partial charge >= 0.3 is 0 Å². The summed E-state index contributed by atoms with van der Waals surface area (Å²) in [6, 6.07) is 37.9. The van der Waals surface area contributed by atoms with Crippen LogP contribution in [0, 0.1) is 5.41 Å². The Morgan fingerprint density at radius 2 is 0.742 bits per heavy atom. The van der Waals surface area contributed by atoms with Gasteiger partial charge in [0.05, 0.1) is 0 Å². The second kappa shape index (κ2) is 9.36. The highest BCUT2D eigenvalue weighted by molar-refractivity contribution is 6.20. The lowest BCUT2D eigenvalue weighted by Gasteiger charge is -2.32. The summed E-state index contributed by atoms with van der Waals surface area (Å²) in [5, 5.41) is 0. The smallest absolute Gasteiger partial charge is 0.177 e. The lowest BCUT2D eigenvalue weighted by molar-refractivity contribution is 0.0658. The number of ketones is 2. The Balaban J connectivity index is 1.90. The second-order valence-electron chi connectivity index (χ2n) is 7.80. The van der Waals surface area contributed by atoms with Crippen LogP contribution in [0.1, 0.15) is 31.8 Å². The fourth-order valence-corrected chi connectivity index (χ4v) is 4.11. The summed E-state index contributed by atoms with van der Waals surface area (Å²) >= 11 is 0. The van der Waals surface area contributed by atoms with Gasteiger partial charge in [-0.1, -0.05) is 121 Å². The Hall–Kier alpha value is -3.78. The van der Waals surface area contributed by atoms with Gasteiger partial charge in [-0.05, 0) is 24.0 Å². The Labute approximate surface area is 183 Å². The molecular weight excluding hydrogens is 380 g/mol. The average Bonchev–Trinajstić information content (AvgIpc) is 2.85. The van der Waals surface area contributed by atoms with Crippen LogP contribution >= 0.6 is 0 Å². The minimum Gasteiger partial charge on any atom is -0.293 e. The summed E-state index contributed by atoms with van der Waals surface area (Å²) < 4.78 is 0. The molecule has 0 radical (unpaired) electrons. The van der Waals surface area contributed by atoms with E-state index in [1.807, 2.05) is 97.1 Å². The molecule has 0 aromatic heterocycles. The summed E-state index contributed by atoms with van der Waals surface area (Å²) in [7, 11) is 0. The van der Waals surface area contributed by atoms with E-state index in [4.69, 9.17) is 0 Å². The topological polar surface area (TPSA) is 34.1 Å². The summed E-state index contributed by atoms with van der Waals surface area (Å²) in [4.78, 5) is 28.1. The number of carbonyl (C=O) groups excluding carboxylic acids is 2. The molecule has 31 heavy (non-hydrogen) atoms. The van der Waals surface area contributed by atoms with Crippen molar-refractivity contribution in [2.75, 3.05) is 0 Å². The van der Waals surface area contributed by atoms with Crippen molar-refractivity contribution in [1.29, 1.82) is 0 Å². The molecule has 0 amide bonds. The van der Waals surface area contributed by atoms with Crippen LogP contribution in [0.25, 0.3) is 0 Å². The van der Waals surface area contributed by atoms with Crippen LogP contribution in [0.4, 0.5) is 0 Å². The molecule has 2 nitrogen and oxygen atoms in total. The van der Waals surface area contributed by atoms with E-state index in [1.165, 1.54) is 0 Å². The summed E-state index contributed by atoms with van der Waals surface area (Å²) in [6.45, 7) is 0. The Morgan fingerprint density at radius 1 is 0.452 bits per heavy atom. The molecule has 0 spiro atoms. The molecule has 0 aliphatic heterocycles. The van der Waals surface area contributed by atoms with Gasteiger partial charge in [0, 0.05) is 11.1 Å². The third kappa shape index (κ3) is 4.54. The Kier molecular flexibility index (Phi) is 6.18. The van der Waals surface area contributed by atoms with Gasteiger partial charge in [-0.3, -0.25) is 9.59 Å². The third-order valence-electron chi connectivity index (χ3n) is 5.64. The third-order valence-corrected chi connectivity index (χ3v) is 5.64. The molecule has 0 saturated carbocycles. The molecule has 0 aliphatic rings. The summed E-state index contributed by atoms with van der Waals surface area (Å²) in [6.07, 6.45) is 0.675. The van der Waals surface area contributed by atoms with Crippen LogP contribution < -0.4 is 0 Å². The van der Waals surface area contributed by atoms with Crippen molar-refractivity contribution in [3.05, 3.63) is 144 Å². The number of Topliss-reactive ketones (excluding diaryl/α,β-unsaturated/α-hetero) is 2. The molecule has 0 unspecified atom stereocenters. The van der Waals surface area contributed by atoms with Crippen molar-refractivity contribution in [2.24, 2.45) is 5.41 Å². The summed E-state index contributed by atoms with van der Waals surface area (Å²) in [5.74, 6) is -0.288. The molecule has 0 bridgehead atoms. The molecule has 4 rings (SSSR count). The van der Waals surface area contributed by atoms with E-state index in [2.05, 4.69) is 0 Å². The molecule has 152 valence electrons. The quantitative estimate of drug-likeness (QED) is 0.258. The van der Waals surface area contributed by atoms with Crippen molar-refractivity contribution in [3.8, 4) is 0 Å². The van der Waals surface area contributed by atoms with Crippen LogP contribution in [-0.2, 0) is 12.8 Å². The molecule has 0 fully saturated rings. The first-order valence-corrected chi connectivity index (χ1v) is 10.5. The van der Waals surface area contributed by atoms with Crippen molar-refractivity contribution >= 4 is 11.6 Å². The highest BCUT2D eigenvalue weighted by Crippen LogP contribution is 2.36. The minimum atomic E-state index is -1.24. The molecule has 4 aromatic rings. The Bertz CT molecular complexity index is 1040. The lowest BCUT2D eigenvalue weighted by atomic mass is 9.67. The monoisotopic (exact) mass is 404 g/mol. The standard InChI is InChI=1S/C29H24O2/c30-27(25-17-9-3-10-18-25)29(21-23-13-5-1-6-14-23,22-24-15-7-2-8-16-24)28(31)26-19-11-4-12-20-26/h1-20H,21-22H2. The number of benzene rings is 4. The molecule has 4 aromatic carbocycles. The molecule has 0 heterocycles. The zero-order valence-electron chi connectivity index (χ0n) is 17.3. The predicted molar refractivity (Wildman–Crippen MR) is 124 cm³/mol. The van der Waals surface area contributed by atoms with Crippen LogP contribution in [0.5, 0.6) is 0 Å². The average molecular weight is 405 g/mol. The molecule has 0 atom stereocenters. The van der Waals surface area contributed by atoms with Crippen LogP contribution in [0.3, 0.4) is 0 Å². The van der Waals surface area contributed by atoms with Crippen LogP contribution in [-0.4, -0.2) is 11.6 Å². The van der Waals surface area contributed by atoms with E-state index >= 15 is 0 Å². The predicted octanol–water partition coefficient (Wildman–Crippen LogP) is 6.22. The van der Waals surface area contributed by atoms with Crippen LogP contribution in [0.15, 0.2) is 121 Å². The van der Waals surface area contributed by atoms with Crippen LogP contribution in [0.2, 0.25) is 0 Å². The highest BCUT2D eigenvalue weighted by atomic mass is 16.2. The van der Waals surface area contributed by atoms with Gasteiger partial charge in [0.15, 0.2) is 11.6 Å². The van der Waals surface area contributed by atoms with Crippen molar-refractivity contribution < 1.29 is 9.59 Å². The molecule has 0 aliphatic carbocycles. The largest absolute Gasteiger partial charge is 0.293 e. The fourth-order valence-electron chi connectivity index (χ4n) is 4.11. The van der Waals surface area contributed by atoms with E-state index in [-0.39, 0.29) is 11.6 Å². The first kappa shape index (κ1) is 20.5. The zero-order valence-corrected chi connectivity index (χ0v) is 17.3. The number of hydrogen-bond donors (Lipinski definition) is 0. The molecule has 0 N–H and O–H groups in total. The van der Waals surface area contributed by atoms with E-state index < -0.39 is 5.41 Å². The molecule has 0 saturated heterocycles. The molecule has 2 heteroatoms. The van der Waals surface area contributed by atoms with Crippen molar-refractivity contribution in [2.45, 2.75) is 12.8 Å². The number of rotatable bonds is 8. The van der Waals surface area contributed by atoms with E-state index in [9.17, 15) is 9.59 Å². The van der Waals surface area contributed by atoms with Gasteiger partial charge in [0.2, 0.25) is 0 Å². The number of hydrogen-bond acceptors (Lipinski definition) is 2. The first-order valence-electron chi connectivity index (χ1n) is 10.5. The maximum Gasteiger partial charge on any atom is 0.177 e.